The molecule has 0 amide bonds. The summed E-state index contributed by atoms with van der Waals surface area (Å²) >= 11 is 13.4. The van der Waals surface area contributed by atoms with Crippen molar-refractivity contribution >= 4 is 62.6 Å². The van der Waals surface area contributed by atoms with Gasteiger partial charge in [0.2, 0.25) is 0 Å². The lowest BCUT2D eigenvalue weighted by molar-refractivity contribution is -0.137. The summed E-state index contributed by atoms with van der Waals surface area (Å²) < 4.78 is 86.8. The molecule has 0 spiro atoms. The van der Waals surface area contributed by atoms with Gasteiger partial charge in [-0.25, -0.2) is 8.78 Å². The normalized spacial score (nSPS) is 23.7. The van der Waals surface area contributed by atoms with Crippen molar-refractivity contribution in [3.05, 3.63) is 64.6 Å². The van der Waals surface area contributed by atoms with E-state index in [1.54, 1.807) is 12.1 Å². The highest BCUT2D eigenvalue weighted by Crippen LogP contribution is 2.45. The Kier molecular flexibility index (Phi) is 11.1. The molecule has 4 aliphatic heterocycles. The molecule has 2 aromatic carbocycles. The summed E-state index contributed by atoms with van der Waals surface area (Å²) in [5, 5.41) is 9.59. The minimum absolute atomic E-state index is 0.0132. The van der Waals surface area contributed by atoms with Crippen molar-refractivity contribution in [2.75, 3.05) is 31.1 Å². The second-order valence-electron chi connectivity index (χ2n) is 14.9. The average molecular weight is 849 g/mol. The third-order valence-corrected chi connectivity index (χ3v) is 12.9. The number of thioether (sulfide) groups is 1. The van der Waals surface area contributed by atoms with Crippen molar-refractivity contribution in [1.29, 1.82) is 0 Å². The number of carbonyl (C=O) groups excluding carboxylic acids is 1. The van der Waals surface area contributed by atoms with E-state index < -0.39 is 57.8 Å². The molecule has 2 unspecified atom stereocenters. The molecule has 57 heavy (non-hydrogen) atoms. The number of aromatic nitrogens is 3. The molecule has 6 heterocycles. The van der Waals surface area contributed by atoms with E-state index in [2.05, 4.69) is 19.8 Å². The number of ether oxygens (including phenoxy) is 2. The van der Waals surface area contributed by atoms with Crippen molar-refractivity contribution in [2.24, 2.45) is 0 Å². The average Bonchev–Trinajstić information content (AvgIpc) is 3.67. The van der Waals surface area contributed by atoms with E-state index in [1.807, 2.05) is 17.0 Å². The zero-order valence-electron chi connectivity index (χ0n) is 30.6. The predicted molar refractivity (Wildman–Crippen MR) is 210 cm³/mol. The number of alkyl halides is 4. The molecule has 5 atom stereocenters. The number of piperazine rings is 1. The molecule has 1 N–H and O–H groups in total. The van der Waals surface area contributed by atoms with Crippen molar-refractivity contribution in [2.45, 2.75) is 87.8 Å². The van der Waals surface area contributed by atoms with E-state index in [0.29, 0.717) is 43.4 Å². The van der Waals surface area contributed by atoms with Gasteiger partial charge in [-0.05, 0) is 74.9 Å². The van der Waals surface area contributed by atoms with Gasteiger partial charge >= 0.3 is 18.2 Å². The highest BCUT2D eigenvalue weighted by atomic mass is 35.5. The first kappa shape index (κ1) is 39.8. The number of phenols is 1. The van der Waals surface area contributed by atoms with E-state index >= 15 is 4.39 Å². The summed E-state index contributed by atoms with van der Waals surface area (Å²) in [4.78, 5) is 31.0. The van der Waals surface area contributed by atoms with E-state index in [4.69, 9.17) is 38.3 Å². The second-order valence-corrected chi connectivity index (χ2v) is 16.9. The first-order chi connectivity index (χ1) is 27.2. The largest absolute Gasteiger partial charge is 0.508 e. The van der Waals surface area contributed by atoms with E-state index in [0.717, 1.165) is 54.2 Å². The highest BCUT2D eigenvalue weighted by Gasteiger charge is 2.43. The molecule has 2 bridgehead atoms. The number of nitrogens with zero attached hydrogens (tertiary/aromatic N) is 6. The van der Waals surface area contributed by atoms with Crippen LogP contribution in [0.15, 0.2) is 42.6 Å². The minimum Gasteiger partial charge on any atom is -0.508 e. The third kappa shape index (κ3) is 8.17. The minimum atomic E-state index is -5.00. The standard InChI is InChI=1S/C39H38ClF5N6O4S2/c1-20(52)54-26-9-4-21(5-10-26)19-57-38(56)51-23-7-8-24(51)18-50(17-23)36-28-15-46-34(27-13-25(53)14-29(40)32(27)39(43,44)45)33(42)35(28)47-37(48-36)55-31-11-6-22(41)16-49-12-2-3-30(31)49/h4-5,9-10,13-15,22-24,30-31,53H,2-3,6-8,11-12,16-19H2,1H3/t22-,23?,24?,30-,31-/m1/s1. The van der Waals surface area contributed by atoms with Crippen LogP contribution in [0.4, 0.5) is 27.8 Å². The number of carbonyl (C=O) groups is 1. The fourth-order valence-electron chi connectivity index (χ4n) is 8.64. The van der Waals surface area contributed by atoms with Crippen LogP contribution < -0.4 is 14.4 Å². The first-order valence-corrected chi connectivity index (χ1v) is 20.5. The molecule has 4 fully saturated rings. The van der Waals surface area contributed by atoms with Crippen LogP contribution in [-0.2, 0) is 16.7 Å². The number of esters is 1. The van der Waals surface area contributed by atoms with Crippen molar-refractivity contribution in [3.8, 4) is 28.8 Å². The number of phenolic OH excluding ortho intramolecular Hbond substituents is 1. The number of halogens is 6. The Morgan fingerprint density at radius 3 is 2.49 bits per heavy atom. The summed E-state index contributed by atoms with van der Waals surface area (Å²) in [5.41, 5.74) is -2.10. The van der Waals surface area contributed by atoms with Crippen LogP contribution in [0, 0.1) is 5.82 Å². The van der Waals surface area contributed by atoms with E-state index in [1.165, 1.54) is 24.9 Å². The maximum Gasteiger partial charge on any atom is 0.418 e. The molecule has 0 radical (unpaired) electrons. The Balaban J connectivity index is 1.12. The zero-order valence-corrected chi connectivity index (χ0v) is 33.0. The Morgan fingerprint density at radius 2 is 1.79 bits per heavy atom. The summed E-state index contributed by atoms with van der Waals surface area (Å²) in [6.07, 6.45) is -1.31. The van der Waals surface area contributed by atoms with Gasteiger partial charge in [0.15, 0.2) is 5.82 Å². The lowest BCUT2D eigenvalue weighted by Crippen LogP contribution is -2.55. The van der Waals surface area contributed by atoms with Gasteiger partial charge in [-0.3, -0.25) is 14.7 Å². The lowest BCUT2D eigenvalue weighted by Gasteiger charge is -2.43. The monoisotopic (exact) mass is 848 g/mol. The van der Waals surface area contributed by atoms with Crippen molar-refractivity contribution in [1.82, 2.24) is 24.8 Å². The maximum atomic E-state index is 16.8. The second kappa shape index (κ2) is 15.9. The van der Waals surface area contributed by atoms with Crippen LogP contribution in [0.25, 0.3) is 22.2 Å². The Hall–Kier alpha value is -4.06. The molecule has 4 aliphatic rings. The SMILES string of the molecule is CC(=O)Oc1ccc(CSC(=S)N2C3CCC2CN(c2nc(O[C@@H]4CC[C@@H](F)CN5CCC[C@H]45)nc4c(F)c(-c5cc(O)cc(Cl)c5C(F)(F)F)ncc24)C3)cc1. The number of thiocarbonyl (C=S) groups is 1. The molecule has 18 heteroatoms. The number of hydrogen-bond acceptors (Lipinski definition) is 11. The first-order valence-electron chi connectivity index (χ1n) is 18.7. The quantitative estimate of drug-likeness (QED) is 0.0837. The highest BCUT2D eigenvalue weighted by molar-refractivity contribution is 8.22. The summed E-state index contributed by atoms with van der Waals surface area (Å²) in [7, 11) is 0. The molecular formula is C39H38ClF5N6O4S2. The Morgan fingerprint density at radius 1 is 1.05 bits per heavy atom. The molecule has 0 saturated carbocycles. The van der Waals surface area contributed by atoms with Gasteiger partial charge < -0.3 is 24.4 Å². The summed E-state index contributed by atoms with van der Waals surface area (Å²) in [5.74, 6) is -0.789. The number of hydrogen-bond donors (Lipinski definition) is 1. The van der Waals surface area contributed by atoms with Crippen LogP contribution in [-0.4, -0.2) is 96.7 Å². The molecular weight excluding hydrogens is 811 g/mol. The fraction of sp³-hybridized carbons (Fsp3) is 0.462. The number of pyridine rings is 1. The smallest absolute Gasteiger partial charge is 0.418 e. The summed E-state index contributed by atoms with van der Waals surface area (Å²) in [6, 6.07) is 8.45. The molecule has 8 rings (SSSR count). The van der Waals surface area contributed by atoms with Crippen LogP contribution in [0.5, 0.6) is 17.5 Å². The van der Waals surface area contributed by atoms with Gasteiger partial charge in [0.1, 0.15) is 45.1 Å². The number of rotatable bonds is 7. The number of fused-ring (bicyclic) bond motifs is 4. The van der Waals surface area contributed by atoms with Gasteiger partial charge in [0.25, 0.3) is 0 Å². The van der Waals surface area contributed by atoms with Crippen LogP contribution in [0.1, 0.15) is 56.6 Å². The molecule has 4 saturated heterocycles. The Labute approximate surface area is 339 Å². The molecule has 10 nitrogen and oxygen atoms in total. The lowest BCUT2D eigenvalue weighted by atomic mass is 10.0. The molecule has 2 aromatic heterocycles. The van der Waals surface area contributed by atoms with Crippen molar-refractivity contribution < 1.29 is 41.3 Å². The van der Waals surface area contributed by atoms with Crippen LogP contribution in [0.3, 0.4) is 0 Å². The zero-order chi connectivity index (χ0) is 40.2. The van der Waals surface area contributed by atoms with Gasteiger partial charge in [0.05, 0.1) is 16.0 Å². The van der Waals surface area contributed by atoms with Gasteiger partial charge in [-0.15, -0.1) is 0 Å². The van der Waals surface area contributed by atoms with Gasteiger partial charge in [-0.1, -0.05) is 47.7 Å². The number of benzene rings is 2. The molecule has 4 aromatic rings. The van der Waals surface area contributed by atoms with Crippen LogP contribution in [0.2, 0.25) is 5.02 Å². The van der Waals surface area contributed by atoms with Gasteiger partial charge in [0, 0.05) is 62.2 Å². The molecule has 302 valence electrons. The predicted octanol–water partition coefficient (Wildman–Crippen LogP) is 8.35. The summed E-state index contributed by atoms with van der Waals surface area (Å²) in [6.45, 7) is 3.26. The molecule has 0 aliphatic carbocycles. The number of aromatic hydroxyl groups is 1. The van der Waals surface area contributed by atoms with Crippen molar-refractivity contribution in [3.63, 3.8) is 0 Å². The topological polar surface area (TPSA) is 104 Å². The van der Waals surface area contributed by atoms with Gasteiger partial charge in [-0.2, -0.15) is 23.1 Å². The third-order valence-electron chi connectivity index (χ3n) is 11.1. The van der Waals surface area contributed by atoms with E-state index in [9.17, 15) is 27.5 Å². The number of anilines is 1. The van der Waals surface area contributed by atoms with E-state index in [-0.39, 0.29) is 41.5 Å². The Bertz CT molecular complexity index is 2190. The maximum absolute atomic E-state index is 16.8. The fourth-order valence-corrected chi connectivity index (χ4v) is 10.4. The van der Waals surface area contributed by atoms with Crippen LogP contribution >= 0.6 is 35.6 Å².